The van der Waals surface area contributed by atoms with Gasteiger partial charge >= 0.3 is 0 Å². The van der Waals surface area contributed by atoms with Gasteiger partial charge in [-0.2, -0.15) is 0 Å². The summed E-state index contributed by atoms with van der Waals surface area (Å²) in [7, 11) is 0. The van der Waals surface area contributed by atoms with Crippen molar-refractivity contribution < 1.29 is 4.42 Å². The van der Waals surface area contributed by atoms with Gasteiger partial charge in [0.25, 0.3) is 0 Å². The summed E-state index contributed by atoms with van der Waals surface area (Å²) in [5, 5.41) is 4.55. The zero-order valence-electron chi connectivity index (χ0n) is 31.7. The molecule has 0 amide bonds. The molecule has 5 heteroatoms. The first-order valence-electron chi connectivity index (χ1n) is 19.3. The third kappa shape index (κ3) is 4.58. The van der Waals surface area contributed by atoms with Gasteiger partial charge in [-0.3, -0.25) is 0 Å². The summed E-state index contributed by atoms with van der Waals surface area (Å²) in [5.74, 6) is 1.83. The van der Waals surface area contributed by atoms with Crippen LogP contribution in [0.4, 0.5) is 0 Å². The van der Waals surface area contributed by atoms with Crippen LogP contribution in [0.1, 0.15) is 38.8 Å². The molecular weight excluding hydrogens is 685 g/mol. The first kappa shape index (κ1) is 32.6. The van der Waals surface area contributed by atoms with Crippen LogP contribution in [-0.2, 0) is 10.8 Å². The Balaban J connectivity index is 1.14. The van der Waals surface area contributed by atoms with E-state index >= 15 is 0 Å². The summed E-state index contributed by atoms with van der Waals surface area (Å²) in [6, 6.07) is 55.5. The minimum absolute atomic E-state index is 0.0464. The molecule has 0 atom stereocenters. The van der Waals surface area contributed by atoms with Crippen LogP contribution >= 0.6 is 0 Å². The number of hydrogen-bond donors (Lipinski definition) is 0. The maximum absolute atomic E-state index is 6.27. The average Bonchev–Trinajstić information content (AvgIpc) is 3.79. The summed E-state index contributed by atoms with van der Waals surface area (Å²) in [4.78, 5) is 15.5. The Bertz CT molecular complexity index is 3200. The number of aromatic nitrogens is 4. The Labute approximate surface area is 324 Å². The summed E-state index contributed by atoms with van der Waals surface area (Å²) in [5.41, 5.74) is 13.1. The second-order valence-corrected chi connectivity index (χ2v) is 16.0. The van der Waals surface area contributed by atoms with Crippen LogP contribution in [0.15, 0.2) is 162 Å². The summed E-state index contributed by atoms with van der Waals surface area (Å²) in [6.07, 6.45) is 0. The van der Waals surface area contributed by atoms with E-state index in [1.807, 2.05) is 60.7 Å². The van der Waals surface area contributed by atoms with E-state index in [4.69, 9.17) is 19.4 Å². The molecule has 0 spiro atoms. The number of furan rings is 1. The lowest BCUT2D eigenvalue weighted by Gasteiger charge is -2.48. The van der Waals surface area contributed by atoms with Gasteiger partial charge in [0.15, 0.2) is 17.5 Å². The third-order valence-electron chi connectivity index (χ3n) is 12.6. The lowest BCUT2D eigenvalue weighted by atomic mass is 9.55. The highest BCUT2D eigenvalue weighted by Gasteiger charge is 2.46. The van der Waals surface area contributed by atoms with Crippen molar-refractivity contribution in [3.8, 4) is 51.0 Å². The minimum atomic E-state index is -0.0894. The highest BCUT2D eigenvalue weighted by molar-refractivity contribution is 6.17. The molecule has 0 unspecified atom stereocenters. The monoisotopic (exact) mass is 722 g/mol. The highest BCUT2D eigenvalue weighted by atomic mass is 16.3. The molecule has 0 saturated carbocycles. The Kier molecular flexibility index (Phi) is 6.88. The van der Waals surface area contributed by atoms with E-state index < -0.39 is 0 Å². The SMILES string of the molecule is CC1(C)c2ccccc2-c2c(ccc3c2c2ccccc2n3-c2cccc(-c3nc(-c4ccccc4)nc(-c4cccc5oc6ccccc6c45)n3)c2)C1(C)C. The van der Waals surface area contributed by atoms with E-state index in [1.165, 1.54) is 38.5 Å². The van der Waals surface area contributed by atoms with E-state index in [2.05, 4.69) is 129 Å². The smallest absolute Gasteiger partial charge is 0.164 e. The van der Waals surface area contributed by atoms with Crippen LogP contribution in [0.3, 0.4) is 0 Å². The molecule has 268 valence electrons. The molecule has 3 heterocycles. The Morgan fingerprint density at radius 3 is 1.93 bits per heavy atom. The van der Waals surface area contributed by atoms with Gasteiger partial charge in [-0.1, -0.05) is 149 Å². The molecule has 0 bridgehead atoms. The van der Waals surface area contributed by atoms with Crippen molar-refractivity contribution in [2.75, 3.05) is 0 Å². The molecule has 56 heavy (non-hydrogen) atoms. The summed E-state index contributed by atoms with van der Waals surface area (Å²) in [6.45, 7) is 9.58. The van der Waals surface area contributed by atoms with Crippen molar-refractivity contribution in [3.05, 3.63) is 169 Å². The largest absolute Gasteiger partial charge is 0.456 e. The predicted octanol–water partition coefficient (Wildman–Crippen LogP) is 13.1. The molecule has 0 aliphatic heterocycles. The van der Waals surface area contributed by atoms with Crippen LogP contribution in [0, 0.1) is 0 Å². The lowest BCUT2D eigenvalue weighted by Crippen LogP contribution is -2.43. The Hall–Kier alpha value is -6.85. The normalized spacial score (nSPS) is 14.4. The average molecular weight is 723 g/mol. The van der Waals surface area contributed by atoms with Crippen LogP contribution in [0.2, 0.25) is 0 Å². The van der Waals surface area contributed by atoms with E-state index in [0.29, 0.717) is 17.5 Å². The number of hydrogen-bond acceptors (Lipinski definition) is 4. The van der Waals surface area contributed by atoms with Gasteiger partial charge < -0.3 is 8.98 Å². The van der Waals surface area contributed by atoms with Crippen LogP contribution in [-0.4, -0.2) is 19.5 Å². The van der Waals surface area contributed by atoms with Gasteiger partial charge in [-0.15, -0.1) is 0 Å². The number of nitrogens with zero attached hydrogens (tertiary/aromatic N) is 4. The van der Waals surface area contributed by atoms with Crippen LogP contribution < -0.4 is 0 Å². The molecule has 0 saturated heterocycles. The first-order chi connectivity index (χ1) is 27.3. The quantitative estimate of drug-likeness (QED) is 0.181. The molecule has 5 nitrogen and oxygen atoms in total. The molecule has 1 aliphatic rings. The fraction of sp³-hybridized carbons (Fsp3) is 0.118. The fourth-order valence-corrected chi connectivity index (χ4v) is 9.15. The molecule has 7 aromatic carbocycles. The van der Waals surface area contributed by atoms with Crippen molar-refractivity contribution >= 4 is 43.7 Å². The van der Waals surface area contributed by atoms with Crippen LogP contribution in [0.25, 0.3) is 94.7 Å². The molecule has 3 aromatic heterocycles. The predicted molar refractivity (Wildman–Crippen MR) is 229 cm³/mol. The Morgan fingerprint density at radius 1 is 0.446 bits per heavy atom. The highest BCUT2D eigenvalue weighted by Crippen LogP contribution is 2.56. The van der Waals surface area contributed by atoms with E-state index in [0.717, 1.165) is 49.8 Å². The van der Waals surface area contributed by atoms with Crippen molar-refractivity contribution in [2.45, 2.75) is 38.5 Å². The maximum atomic E-state index is 6.27. The molecule has 0 radical (unpaired) electrons. The van der Waals surface area contributed by atoms with Gasteiger partial charge in [0.05, 0.1) is 11.0 Å². The van der Waals surface area contributed by atoms with Gasteiger partial charge in [-0.25, -0.2) is 15.0 Å². The molecular formula is C51H38N4O. The molecule has 0 fully saturated rings. The zero-order valence-corrected chi connectivity index (χ0v) is 31.7. The van der Waals surface area contributed by atoms with E-state index in [-0.39, 0.29) is 10.8 Å². The Morgan fingerprint density at radius 2 is 1.07 bits per heavy atom. The third-order valence-corrected chi connectivity index (χ3v) is 12.6. The zero-order chi connectivity index (χ0) is 37.8. The van der Waals surface area contributed by atoms with E-state index in [9.17, 15) is 0 Å². The van der Waals surface area contributed by atoms with Crippen molar-refractivity contribution in [3.63, 3.8) is 0 Å². The maximum Gasteiger partial charge on any atom is 0.164 e. The standard InChI is InChI=1S/C51H38N4O/c1-50(2)38-24-11-8-20-34(38)45-39(51(50,3)4)28-29-41-46(45)35-21-9-12-25-40(35)55(41)33-19-14-18-32(30-33)48-52-47(31-16-6-5-7-17-31)53-49(54-48)37-23-15-27-43-44(37)36-22-10-13-26-42(36)56-43/h5-30H,1-4H3. The number of rotatable bonds is 4. The topological polar surface area (TPSA) is 56.7 Å². The molecule has 0 N–H and O–H groups in total. The second kappa shape index (κ2) is 11.8. The van der Waals surface area contributed by atoms with E-state index in [1.54, 1.807) is 0 Å². The summed E-state index contributed by atoms with van der Waals surface area (Å²) < 4.78 is 8.68. The van der Waals surface area contributed by atoms with Crippen molar-refractivity contribution in [2.24, 2.45) is 0 Å². The molecule has 10 aromatic rings. The number of fused-ring (bicyclic) bond motifs is 10. The van der Waals surface area contributed by atoms with Crippen molar-refractivity contribution in [1.29, 1.82) is 0 Å². The fourth-order valence-electron chi connectivity index (χ4n) is 9.15. The van der Waals surface area contributed by atoms with Gasteiger partial charge in [-0.05, 0) is 69.5 Å². The first-order valence-corrected chi connectivity index (χ1v) is 19.3. The molecule has 1 aliphatic carbocycles. The van der Waals surface area contributed by atoms with Crippen molar-refractivity contribution in [1.82, 2.24) is 19.5 Å². The van der Waals surface area contributed by atoms with Gasteiger partial charge in [0.1, 0.15) is 11.2 Å². The minimum Gasteiger partial charge on any atom is -0.456 e. The van der Waals surface area contributed by atoms with Gasteiger partial charge in [0, 0.05) is 43.9 Å². The molecule has 11 rings (SSSR count). The number of benzene rings is 7. The lowest BCUT2D eigenvalue weighted by molar-refractivity contribution is 0.299. The van der Waals surface area contributed by atoms with Crippen LogP contribution in [0.5, 0.6) is 0 Å². The second-order valence-electron chi connectivity index (χ2n) is 16.0. The summed E-state index contributed by atoms with van der Waals surface area (Å²) >= 11 is 0. The number of para-hydroxylation sites is 2. The van der Waals surface area contributed by atoms with Gasteiger partial charge in [0.2, 0.25) is 0 Å².